The molecule has 4 nitrogen and oxygen atoms in total. The molecule has 1 atom stereocenters. The Morgan fingerprint density at radius 1 is 1.35 bits per heavy atom. The molecule has 0 aliphatic carbocycles. The summed E-state index contributed by atoms with van der Waals surface area (Å²) in [5, 5.41) is 9.84. The van der Waals surface area contributed by atoms with E-state index in [1.807, 2.05) is 0 Å². The average molecular weight is 296 g/mol. The Kier molecular flexibility index (Phi) is 3.66. The van der Waals surface area contributed by atoms with Crippen molar-refractivity contribution < 1.29 is 13.5 Å². The summed E-state index contributed by atoms with van der Waals surface area (Å²) in [6, 6.07) is 4.25. The molecule has 1 heterocycles. The van der Waals surface area contributed by atoms with Crippen molar-refractivity contribution >= 4 is 33.2 Å². The molecule has 1 aromatic carbocycles. The Labute approximate surface area is 110 Å². The van der Waals surface area contributed by atoms with Gasteiger partial charge in [-0.05, 0) is 24.6 Å². The standard InChI is InChI=1S/C10H11Cl2NO3S/c11-7-1-2-10(9(12)5-7)17(15,16)13-4-3-8(14)6-13/h1-2,5,8,14H,3-4,6H2/t8-/m1/s1. The van der Waals surface area contributed by atoms with E-state index in [9.17, 15) is 13.5 Å². The van der Waals surface area contributed by atoms with Gasteiger partial charge < -0.3 is 5.11 Å². The lowest BCUT2D eigenvalue weighted by Gasteiger charge is -2.16. The van der Waals surface area contributed by atoms with Gasteiger partial charge in [-0.3, -0.25) is 0 Å². The molecule has 0 unspecified atom stereocenters. The molecule has 1 aliphatic rings. The van der Waals surface area contributed by atoms with Gasteiger partial charge in [0.1, 0.15) is 4.90 Å². The fourth-order valence-electron chi connectivity index (χ4n) is 1.75. The first-order chi connectivity index (χ1) is 7.91. The van der Waals surface area contributed by atoms with E-state index in [-0.39, 0.29) is 16.5 Å². The molecule has 0 bridgehead atoms. The van der Waals surface area contributed by atoms with Crippen LogP contribution in [0.15, 0.2) is 23.1 Å². The Morgan fingerprint density at radius 3 is 2.59 bits per heavy atom. The third-order valence-electron chi connectivity index (χ3n) is 2.64. The van der Waals surface area contributed by atoms with Crippen molar-refractivity contribution in [3.05, 3.63) is 28.2 Å². The summed E-state index contributed by atoms with van der Waals surface area (Å²) in [6.07, 6.45) is -0.152. The van der Waals surface area contributed by atoms with E-state index in [0.29, 0.717) is 18.0 Å². The minimum atomic E-state index is -3.64. The molecule has 0 aromatic heterocycles. The Bertz CT molecular complexity index is 532. The van der Waals surface area contributed by atoms with Gasteiger partial charge in [0.2, 0.25) is 10.0 Å². The highest BCUT2D eigenvalue weighted by molar-refractivity contribution is 7.89. The lowest BCUT2D eigenvalue weighted by molar-refractivity contribution is 0.189. The van der Waals surface area contributed by atoms with Crippen molar-refractivity contribution in [3.63, 3.8) is 0 Å². The molecule has 1 N–H and O–H groups in total. The van der Waals surface area contributed by atoms with Crippen LogP contribution < -0.4 is 0 Å². The van der Waals surface area contributed by atoms with Gasteiger partial charge in [-0.15, -0.1) is 0 Å². The number of hydrogen-bond acceptors (Lipinski definition) is 3. The molecule has 94 valence electrons. The minimum Gasteiger partial charge on any atom is -0.392 e. The van der Waals surface area contributed by atoms with Crippen LogP contribution in [0.4, 0.5) is 0 Å². The molecule has 0 amide bonds. The van der Waals surface area contributed by atoms with Crippen LogP contribution in [0, 0.1) is 0 Å². The highest BCUT2D eigenvalue weighted by atomic mass is 35.5. The summed E-state index contributed by atoms with van der Waals surface area (Å²) in [5.74, 6) is 0. The summed E-state index contributed by atoms with van der Waals surface area (Å²) in [4.78, 5) is 0.0256. The number of halogens is 2. The van der Waals surface area contributed by atoms with E-state index in [4.69, 9.17) is 23.2 Å². The van der Waals surface area contributed by atoms with Crippen molar-refractivity contribution in [2.24, 2.45) is 0 Å². The molecule has 7 heteroatoms. The van der Waals surface area contributed by atoms with Gasteiger partial charge in [-0.25, -0.2) is 8.42 Å². The summed E-state index contributed by atoms with van der Waals surface area (Å²) < 4.78 is 25.6. The van der Waals surface area contributed by atoms with Crippen LogP contribution in [-0.4, -0.2) is 37.0 Å². The number of nitrogens with zero attached hydrogens (tertiary/aromatic N) is 1. The summed E-state index contributed by atoms with van der Waals surface area (Å²) >= 11 is 11.6. The number of aliphatic hydroxyl groups is 1. The first-order valence-electron chi connectivity index (χ1n) is 5.04. The second-order valence-electron chi connectivity index (χ2n) is 3.88. The van der Waals surface area contributed by atoms with Gasteiger partial charge in [-0.2, -0.15) is 4.31 Å². The van der Waals surface area contributed by atoms with E-state index in [1.165, 1.54) is 22.5 Å². The molecule has 1 saturated heterocycles. The van der Waals surface area contributed by atoms with Crippen molar-refractivity contribution in [1.29, 1.82) is 0 Å². The zero-order chi connectivity index (χ0) is 12.6. The third-order valence-corrected chi connectivity index (χ3v) is 5.22. The SMILES string of the molecule is O=S(=O)(c1ccc(Cl)cc1Cl)N1CC[C@@H](O)C1. The van der Waals surface area contributed by atoms with Crippen LogP contribution in [0.3, 0.4) is 0 Å². The van der Waals surface area contributed by atoms with Crippen molar-refractivity contribution in [1.82, 2.24) is 4.31 Å². The molecular weight excluding hydrogens is 285 g/mol. The average Bonchev–Trinajstić information content (AvgIpc) is 2.64. The van der Waals surface area contributed by atoms with Crippen molar-refractivity contribution in [2.75, 3.05) is 13.1 Å². The third kappa shape index (κ3) is 2.58. The number of sulfonamides is 1. The highest BCUT2D eigenvalue weighted by Gasteiger charge is 2.32. The molecule has 1 aliphatic heterocycles. The first kappa shape index (κ1) is 13.1. The van der Waals surface area contributed by atoms with Crippen molar-refractivity contribution in [2.45, 2.75) is 17.4 Å². The van der Waals surface area contributed by atoms with Gasteiger partial charge in [-0.1, -0.05) is 23.2 Å². The van der Waals surface area contributed by atoms with Crippen LogP contribution in [-0.2, 0) is 10.0 Å². The smallest absolute Gasteiger partial charge is 0.244 e. The van der Waals surface area contributed by atoms with Gasteiger partial charge in [0.05, 0.1) is 11.1 Å². The maximum absolute atomic E-state index is 12.2. The van der Waals surface area contributed by atoms with Gasteiger partial charge in [0.25, 0.3) is 0 Å². The van der Waals surface area contributed by atoms with E-state index in [1.54, 1.807) is 0 Å². The maximum Gasteiger partial charge on any atom is 0.244 e. The van der Waals surface area contributed by atoms with E-state index < -0.39 is 16.1 Å². The van der Waals surface area contributed by atoms with Gasteiger partial charge in [0.15, 0.2) is 0 Å². The topological polar surface area (TPSA) is 57.6 Å². The van der Waals surface area contributed by atoms with E-state index >= 15 is 0 Å². The fraction of sp³-hybridized carbons (Fsp3) is 0.400. The number of rotatable bonds is 2. The molecule has 1 fully saturated rings. The zero-order valence-electron chi connectivity index (χ0n) is 8.81. The maximum atomic E-state index is 12.2. The normalized spacial score (nSPS) is 21.9. The number of β-amino-alcohol motifs (C(OH)–C–C–N with tert-alkyl or cyclic N) is 1. The number of hydrogen-bond donors (Lipinski definition) is 1. The molecular formula is C10H11Cl2NO3S. The predicted octanol–water partition coefficient (Wildman–Crippen LogP) is 1.75. The van der Waals surface area contributed by atoms with E-state index in [0.717, 1.165) is 0 Å². The summed E-state index contributed by atoms with van der Waals surface area (Å²) in [6.45, 7) is 0.420. The van der Waals surface area contributed by atoms with E-state index in [2.05, 4.69) is 0 Å². The highest BCUT2D eigenvalue weighted by Crippen LogP contribution is 2.29. The predicted molar refractivity (Wildman–Crippen MR) is 65.8 cm³/mol. The molecule has 2 rings (SSSR count). The Hall–Kier alpha value is -0.330. The monoisotopic (exact) mass is 295 g/mol. The quantitative estimate of drug-likeness (QED) is 0.904. The number of aliphatic hydroxyl groups excluding tert-OH is 1. The van der Waals surface area contributed by atoms with Crippen LogP contribution in [0.2, 0.25) is 10.0 Å². The van der Waals surface area contributed by atoms with Crippen LogP contribution in [0.5, 0.6) is 0 Å². The lowest BCUT2D eigenvalue weighted by Crippen LogP contribution is -2.29. The molecule has 0 spiro atoms. The lowest BCUT2D eigenvalue weighted by atomic mass is 10.3. The largest absolute Gasteiger partial charge is 0.392 e. The second-order valence-corrected chi connectivity index (χ2v) is 6.63. The fourth-order valence-corrected chi connectivity index (χ4v) is 3.99. The first-order valence-corrected chi connectivity index (χ1v) is 7.24. The number of benzene rings is 1. The Morgan fingerprint density at radius 2 is 2.06 bits per heavy atom. The molecule has 17 heavy (non-hydrogen) atoms. The summed E-state index contributed by atoms with van der Waals surface area (Å²) in [7, 11) is -3.64. The second kappa shape index (κ2) is 4.74. The van der Waals surface area contributed by atoms with Crippen LogP contribution >= 0.6 is 23.2 Å². The summed E-state index contributed by atoms with van der Waals surface area (Å²) in [5.41, 5.74) is 0. The van der Waals surface area contributed by atoms with Crippen LogP contribution in [0.1, 0.15) is 6.42 Å². The van der Waals surface area contributed by atoms with Gasteiger partial charge in [0, 0.05) is 18.1 Å². The molecule has 1 aromatic rings. The van der Waals surface area contributed by atoms with Crippen molar-refractivity contribution in [3.8, 4) is 0 Å². The molecule has 0 radical (unpaired) electrons. The Balaban J connectivity index is 2.38. The van der Waals surface area contributed by atoms with Crippen LogP contribution in [0.25, 0.3) is 0 Å². The van der Waals surface area contributed by atoms with Gasteiger partial charge >= 0.3 is 0 Å². The molecule has 0 saturated carbocycles. The zero-order valence-corrected chi connectivity index (χ0v) is 11.1. The minimum absolute atomic E-state index is 0.0256.